The number of fused-ring (bicyclic) bond motifs is 1. The average Bonchev–Trinajstić information content (AvgIpc) is 2.85. The minimum atomic E-state index is -1.00. The van der Waals surface area contributed by atoms with E-state index < -0.39 is 5.97 Å². The Kier molecular flexibility index (Phi) is 4.43. The van der Waals surface area contributed by atoms with Crippen LogP contribution in [0.1, 0.15) is 30.6 Å². The van der Waals surface area contributed by atoms with Crippen molar-refractivity contribution in [3.05, 3.63) is 23.8 Å². The molecule has 21 heavy (non-hydrogen) atoms. The molecule has 1 aromatic heterocycles. The van der Waals surface area contributed by atoms with Gasteiger partial charge in [-0.05, 0) is 24.1 Å². The fraction of sp³-hybridized carbons (Fsp3) is 0.400. The summed E-state index contributed by atoms with van der Waals surface area (Å²) in [4.78, 5) is 17.3. The van der Waals surface area contributed by atoms with Crippen LogP contribution in [0.25, 0.3) is 11.1 Å². The highest BCUT2D eigenvalue weighted by Crippen LogP contribution is 2.24. The molecule has 2 aromatic rings. The molecule has 0 aliphatic heterocycles. The number of aromatic carboxylic acids is 1. The highest BCUT2D eigenvalue weighted by Gasteiger charge is 2.16. The van der Waals surface area contributed by atoms with Gasteiger partial charge in [0.25, 0.3) is 6.01 Å². The van der Waals surface area contributed by atoms with Crippen LogP contribution in [0.5, 0.6) is 0 Å². The molecule has 0 saturated heterocycles. The van der Waals surface area contributed by atoms with Gasteiger partial charge in [0, 0.05) is 13.1 Å². The molecule has 6 nitrogen and oxygen atoms in total. The maximum atomic E-state index is 11.0. The van der Waals surface area contributed by atoms with Crippen molar-refractivity contribution in [3.8, 4) is 6.07 Å². The highest BCUT2D eigenvalue weighted by atomic mass is 16.4. The van der Waals surface area contributed by atoms with Crippen molar-refractivity contribution >= 4 is 23.1 Å². The number of oxazole rings is 1. The van der Waals surface area contributed by atoms with Crippen molar-refractivity contribution < 1.29 is 14.3 Å². The third-order valence-electron chi connectivity index (χ3n) is 2.97. The Morgan fingerprint density at radius 2 is 2.29 bits per heavy atom. The monoisotopic (exact) mass is 287 g/mol. The summed E-state index contributed by atoms with van der Waals surface area (Å²) in [6.45, 7) is 5.41. The molecular formula is C15H17N3O3. The van der Waals surface area contributed by atoms with Gasteiger partial charge in [0.2, 0.25) is 0 Å². The van der Waals surface area contributed by atoms with Gasteiger partial charge < -0.3 is 14.4 Å². The predicted octanol–water partition coefficient (Wildman–Crippen LogP) is 2.90. The van der Waals surface area contributed by atoms with E-state index in [1.165, 1.54) is 12.1 Å². The Morgan fingerprint density at radius 3 is 2.90 bits per heavy atom. The number of hydrogen-bond acceptors (Lipinski definition) is 5. The molecule has 0 aliphatic rings. The minimum absolute atomic E-state index is 0.164. The Bertz CT molecular complexity index is 685. The smallest absolute Gasteiger partial charge is 0.335 e. The van der Waals surface area contributed by atoms with E-state index >= 15 is 0 Å². The number of carboxylic acids is 1. The van der Waals surface area contributed by atoms with E-state index in [0.29, 0.717) is 36.0 Å². The summed E-state index contributed by atoms with van der Waals surface area (Å²) < 4.78 is 5.66. The zero-order chi connectivity index (χ0) is 15.4. The summed E-state index contributed by atoms with van der Waals surface area (Å²) in [6, 6.07) is 7.13. The maximum Gasteiger partial charge on any atom is 0.335 e. The molecule has 0 spiro atoms. The van der Waals surface area contributed by atoms with Gasteiger partial charge in [-0.2, -0.15) is 10.2 Å². The van der Waals surface area contributed by atoms with E-state index in [2.05, 4.69) is 24.9 Å². The largest absolute Gasteiger partial charge is 0.478 e. The first-order valence-electron chi connectivity index (χ1n) is 6.77. The standard InChI is InChI=1S/C15H17N3O3/c1-10(2)9-18(7-3-6-16)15-17-12-5-4-11(14(19)20)8-13(12)21-15/h4-5,8,10H,3,7,9H2,1-2H3,(H,19,20). The third kappa shape index (κ3) is 3.51. The summed E-state index contributed by atoms with van der Waals surface area (Å²) in [5.74, 6) is -0.605. The van der Waals surface area contributed by atoms with E-state index in [-0.39, 0.29) is 5.56 Å². The second-order valence-corrected chi connectivity index (χ2v) is 5.23. The van der Waals surface area contributed by atoms with Crippen molar-refractivity contribution in [2.75, 3.05) is 18.0 Å². The van der Waals surface area contributed by atoms with Crippen LogP contribution < -0.4 is 4.90 Å². The topological polar surface area (TPSA) is 90.4 Å². The van der Waals surface area contributed by atoms with Crippen molar-refractivity contribution in [1.29, 1.82) is 5.26 Å². The number of aromatic nitrogens is 1. The molecule has 110 valence electrons. The van der Waals surface area contributed by atoms with Crippen LogP contribution in [0, 0.1) is 17.2 Å². The molecule has 1 N–H and O–H groups in total. The van der Waals surface area contributed by atoms with Crippen LogP contribution in [0.15, 0.2) is 22.6 Å². The lowest BCUT2D eigenvalue weighted by Crippen LogP contribution is -2.28. The third-order valence-corrected chi connectivity index (χ3v) is 2.97. The van der Waals surface area contributed by atoms with Crippen molar-refractivity contribution in [1.82, 2.24) is 4.98 Å². The summed E-state index contributed by atoms with van der Waals surface area (Å²) in [6.07, 6.45) is 0.381. The van der Waals surface area contributed by atoms with E-state index in [9.17, 15) is 4.79 Å². The SMILES string of the molecule is CC(C)CN(CCC#N)c1nc2ccc(C(=O)O)cc2o1. The molecule has 0 radical (unpaired) electrons. The lowest BCUT2D eigenvalue weighted by Gasteiger charge is -2.21. The zero-order valence-electron chi connectivity index (χ0n) is 12.0. The molecule has 0 amide bonds. The first-order valence-corrected chi connectivity index (χ1v) is 6.77. The van der Waals surface area contributed by atoms with Crippen molar-refractivity contribution in [2.45, 2.75) is 20.3 Å². The maximum absolute atomic E-state index is 11.0. The van der Waals surface area contributed by atoms with Crippen LogP contribution in [0.3, 0.4) is 0 Å². The first kappa shape index (κ1) is 14.9. The van der Waals surface area contributed by atoms with Crippen molar-refractivity contribution in [3.63, 3.8) is 0 Å². The van der Waals surface area contributed by atoms with E-state index in [1.54, 1.807) is 6.07 Å². The van der Waals surface area contributed by atoms with Gasteiger partial charge in [-0.15, -0.1) is 0 Å². The second kappa shape index (κ2) is 6.27. The van der Waals surface area contributed by atoms with Gasteiger partial charge in [-0.25, -0.2) is 4.79 Å². The van der Waals surface area contributed by atoms with Crippen LogP contribution >= 0.6 is 0 Å². The molecule has 6 heteroatoms. The molecule has 0 saturated carbocycles. The lowest BCUT2D eigenvalue weighted by molar-refractivity contribution is 0.0697. The number of nitrogens with zero attached hydrogens (tertiary/aromatic N) is 3. The van der Waals surface area contributed by atoms with E-state index in [1.807, 2.05) is 4.90 Å². The van der Waals surface area contributed by atoms with Gasteiger partial charge in [0.15, 0.2) is 5.58 Å². The zero-order valence-corrected chi connectivity index (χ0v) is 12.0. The van der Waals surface area contributed by atoms with Gasteiger partial charge in [-0.1, -0.05) is 13.8 Å². The van der Waals surface area contributed by atoms with Crippen LogP contribution in [-0.4, -0.2) is 29.1 Å². The Morgan fingerprint density at radius 1 is 1.52 bits per heavy atom. The second-order valence-electron chi connectivity index (χ2n) is 5.23. The van der Waals surface area contributed by atoms with Gasteiger partial charge >= 0.3 is 5.97 Å². The number of hydrogen-bond donors (Lipinski definition) is 1. The fourth-order valence-corrected chi connectivity index (χ4v) is 2.07. The molecular weight excluding hydrogens is 270 g/mol. The Hall–Kier alpha value is -2.55. The highest BCUT2D eigenvalue weighted by molar-refractivity contribution is 5.92. The normalized spacial score (nSPS) is 10.8. The molecule has 1 aromatic carbocycles. The van der Waals surface area contributed by atoms with Gasteiger partial charge in [-0.3, -0.25) is 0 Å². The first-order chi connectivity index (χ1) is 10.0. The fourth-order valence-electron chi connectivity index (χ4n) is 2.07. The summed E-state index contributed by atoms with van der Waals surface area (Å²) in [5, 5.41) is 17.7. The lowest BCUT2D eigenvalue weighted by atomic mass is 10.2. The molecule has 0 atom stereocenters. The van der Waals surface area contributed by atoms with E-state index in [4.69, 9.17) is 14.8 Å². The van der Waals surface area contributed by atoms with Gasteiger partial charge in [0.1, 0.15) is 5.52 Å². The van der Waals surface area contributed by atoms with Gasteiger partial charge in [0.05, 0.1) is 18.1 Å². The molecule has 0 fully saturated rings. The molecule has 0 aliphatic carbocycles. The number of benzene rings is 1. The summed E-state index contributed by atoms with van der Waals surface area (Å²) in [7, 11) is 0. The predicted molar refractivity (Wildman–Crippen MR) is 78.2 cm³/mol. The number of carbonyl (C=O) groups is 1. The molecule has 2 rings (SSSR count). The Labute approximate surface area is 122 Å². The van der Waals surface area contributed by atoms with Crippen LogP contribution in [0.2, 0.25) is 0 Å². The quantitative estimate of drug-likeness (QED) is 0.878. The Balaban J connectivity index is 2.34. The number of nitriles is 1. The van der Waals surface area contributed by atoms with E-state index in [0.717, 1.165) is 6.54 Å². The number of carboxylic acid groups (broad SMARTS) is 1. The molecule has 0 unspecified atom stereocenters. The van der Waals surface area contributed by atoms with Crippen LogP contribution in [0.4, 0.5) is 6.01 Å². The summed E-state index contributed by atoms with van der Waals surface area (Å²) >= 11 is 0. The number of rotatable bonds is 6. The number of anilines is 1. The molecule has 0 bridgehead atoms. The summed E-state index contributed by atoms with van der Waals surface area (Å²) in [5.41, 5.74) is 1.22. The van der Waals surface area contributed by atoms with Crippen LogP contribution in [-0.2, 0) is 0 Å². The van der Waals surface area contributed by atoms with Crippen molar-refractivity contribution in [2.24, 2.45) is 5.92 Å². The minimum Gasteiger partial charge on any atom is -0.478 e. The average molecular weight is 287 g/mol. The molecule has 1 heterocycles.